The zero-order chi connectivity index (χ0) is 29.7. The van der Waals surface area contributed by atoms with Crippen LogP contribution in [0.15, 0.2) is 54.6 Å². The lowest BCUT2D eigenvalue weighted by atomic mass is 9.99. The molecule has 0 spiro atoms. The fourth-order valence-electron chi connectivity index (χ4n) is 4.61. The third kappa shape index (κ3) is 7.59. The van der Waals surface area contributed by atoms with Crippen LogP contribution in [-0.2, 0) is 16.0 Å². The summed E-state index contributed by atoms with van der Waals surface area (Å²) < 4.78 is 67.7. The van der Waals surface area contributed by atoms with Crippen molar-refractivity contribution in [1.82, 2.24) is 0 Å². The van der Waals surface area contributed by atoms with Crippen molar-refractivity contribution in [1.29, 1.82) is 0 Å². The van der Waals surface area contributed by atoms with E-state index in [0.717, 1.165) is 0 Å². The van der Waals surface area contributed by atoms with Gasteiger partial charge < -0.3 is 29.5 Å². The lowest BCUT2D eigenvalue weighted by Crippen LogP contribution is -2.37. The number of carbonyl (C=O) groups is 2. The normalized spacial score (nSPS) is 13.4. The maximum atomic E-state index is 14.0. The Bertz CT molecular complexity index is 1430. The molecule has 2 N–H and O–H groups in total. The van der Waals surface area contributed by atoms with Crippen LogP contribution < -0.4 is 24.4 Å². The van der Waals surface area contributed by atoms with E-state index in [9.17, 15) is 27.2 Å². The molecule has 0 fully saturated rings. The molecule has 41 heavy (non-hydrogen) atoms. The second-order valence-corrected chi connectivity index (χ2v) is 9.40. The average Bonchev–Trinajstić information content (AvgIpc) is 3.32. The van der Waals surface area contributed by atoms with Gasteiger partial charge in [0.15, 0.2) is 0 Å². The van der Waals surface area contributed by atoms with Crippen LogP contribution in [0.1, 0.15) is 35.6 Å². The number of carbonyl (C=O) groups excluding carboxylic acids is 1. The average molecular weight is 577 g/mol. The summed E-state index contributed by atoms with van der Waals surface area (Å²) in [6, 6.07) is 11.6. The summed E-state index contributed by atoms with van der Waals surface area (Å²) in [5.41, 5.74) is 2.32. The van der Waals surface area contributed by atoms with Gasteiger partial charge in [-0.05, 0) is 54.7 Å². The standard InChI is InChI=1S/C29H28F4N2O6/c1-17-12-19(30)6-8-24(17)27(34-20-13-22(39-2)15-23(14-20)40-11-3-4-26(36)37)28(38)35-10-9-18-5-7-21(16-25(18)35)41-29(31,32)33/h5-8,12-16,27,34H,3-4,9-11H2,1-2H3,(H,36,37). The summed E-state index contributed by atoms with van der Waals surface area (Å²) in [7, 11) is 1.45. The number of ether oxygens (including phenoxy) is 3. The predicted octanol–water partition coefficient (Wildman–Crippen LogP) is 6.03. The fourth-order valence-corrected chi connectivity index (χ4v) is 4.61. The molecule has 218 valence electrons. The van der Waals surface area contributed by atoms with Crippen LogP contribution in [0.2, 0.25) is 0 Å². The molecule has 0 bridgehead atoms. The summed E-state index contributed by atoms with van der Waals surface area (Å²) in [5.74, 6) is -1.61. The monoisotopic (exact) mass is 576 g/mol. The highest BCUT2D eigenvalue weighted by molar-refractivity contribution is 6.01. The Morgan fingerprint density at radius 1 is 1.05 bits per heavy atom. The van der Waals surface area contributed by atoms with Crippen molar-refractivity contribution in [3.05, 3.63) is 77.1 Å². The number of carboxylic acids is 1. The molecule has 3 aromatic carbocycles. The van der Waals surface area contributed by atoms with Crippen LogP contribution in [0.5, 0.6) is 17.2 Å². The number of alkyl halides is 3. The minimum atomic E-state index is -4.89. The molecule has 0 radical (unpaired) electrons. The van der Waals surface area contributed by atoms with Gasteiger partial charge in [-0.15, -0.1) is 13.2 Å². The number of amides is 1. The van der Waals surface area contributed by atoms with Gasteiger partial charge in [-0.25, -0.2) is 4.39 Å². The van der Waals surface area contributed by atoms with E-state index in [4.69, 9.17) is 14.6 Å². The first-order chi connectivity index (χ1) is 19.4. The highest BCUT2D eigenvalue weighted by atomic mass is 19.4. The molecular formula is C29H28F4N2O6. The Balaban J connectivity index is 1.67. The van der Waals surface area contributed by atoms with E-state index >= 15 is 0 Å². The Kier molecular flexibility index (Phi) is 8.89. The summed E-state index contributed by atoms with van der Waals surface area (Å²) in [4.78, 5) is 26.2. The van der Waals surface area contributed by atoms with Crippen molar-refractivity contribution in [2.45, 2.75) is 38.6 Å². The number of nitrogens with one attached hydrogen (secondary N) is 1. The van der Waals surface area contributed by atoms with Crippen molar-refractivity contribution < 1.29 is 46.5 Å². The van der Waals surface area contributed by atoms with E-state index in [0.29, 0.717) is 40.3 Å². The van der Waals surface area contributed by atoms with E-state index in [-0.39, 0.29) is 31.7 Å². The number of fused-ring (bicyclic) bond motifs is 1. The minimum Gasteiger partial charge on any atom is -0.497 e. The van der Waals surface area contributed by atoms with E-state index in [1.165, 1.54) is 48.4 Å². The Hall–Kier alpha value is -4.48. The zero-order valence-electron chi connectivity index (χ0n) is 22.3. The molecule has 1 unspecified atom stereocenters. The zero-order valence-corrected chi connectivity index (χ0v) is 22.3. The van der Waals surface area contributed by atoms with Crippen molar-refractivity contribution in [3.63, 3.8) is 0 Å². The maximum Gasteiger partial charge on any atom is 0.573 e. The smallest absolute Gasteiger partial charge is 0.497 e. The number of methoxy groups -OCH3 is 1. The number of aryl methyl sites for hydroxylation is 1. The third-order valence-electron chi connectivity index (χ3n) is 6.47. The van der Waals surface area contributed by atoms with Gasteiger partial charge in [-0.3, -0.25) is 9.59 Å². The number of halogens is 4. The van der Waals surface area contributed by atoms with Crippen molar-refractivity contribution >= 4 is 23.3 Å². The molecule has 1 amide bonds. The lowest BCUT2D eigenvalue weighted by molar-refractivity contribution is -0.274. The van der Waals surface area contributed by atoms with E-state index < -0.39 is 35.8 Å². The Morgan fingerprint density at radius 2 is 1.80 bits per heavy atom. The number of hydrogen-bond acceptors (Lipinski definition) is 6. The van der Waals surface area contributed by atoms with Gasteiger partial charge in [0.2, 0.25) is 0 Å². The van der Waals surface area contributed by atoms with Crippen LogP contribution in [-0.4, -0.2) is 43.6 Å². The number of nitrogens with zero attached hydrogens (tertiary/aromatic N) is 1. The summed E-state index contributed by atoms with van der Waals surface area (Å²) in [5, 5.41) is 12.0. The van der Waals surface area contributed by atoms with Gasteiger partial charge in [0.05, 0.1) is 19.4 Å². The number of rotatable bonds is 11. The second-order valence-electron chi connectivity index (χ2n) is 9.40. The summed E-state index contributed by atoms with van der Waals surface area (Å²) >= 11 is 0. The van der Waals surface area contributed by atoms with Crippen LogP contribution >= 0.6 is 0 Å². The van der Waals surface area contributed by atoms with E-state index in [1.54, 1.807) is 25.1 Å². The fraction of sp³-hybridized carbons (Fsp3) is 0.310. The van der Waals surface area contributed by atoms with Crippen LogP contribution in [0.25, 0.3) is 0 Å². The number of carboxylic acid groups (broad SMARTS) is 1. The molecule has 12 heteroatoms. The first-order valence-electron chi connectivity index (χ1n) is 12.7. The van der Waals surface area contributed by atoms with Crippen molar-refractivity contribution in [2.75, 3.05) is 30.5 Å². The topological polar surface area (TPSA) is 97.3 Å². The molecule has 0 aliphatic carbocycles. The summed E-state index contributed by atoms with van der Waals surface area (Å²) in [6.07, 6.45) is -4.26. The first kappa shape index (κ1) is 29.5. The van der Waals surface area contributed by atoms with Crippen LogP contribution in [0.3, 0.4) is 0 Å². The lowest BCUT2D eigenvalue weighted by Gasteiger charge is -2.27. The first-order valence-corrected chi connectivity index (χ1v) is 12.7. The molecule has 1 atom stereocenters. The van der Waals surface area contributed by atoms with Gasteiger partial charge in [-0.2, -0.15) is 0 Å². The van der Waals surface area contributed by atoms with Gasteiger partial charge in [0, 0.05) is 42.9 Å². The number of hydrogen-bond donors (Lipinski definition) is 2. The molecule has 1 aliphatic rings. The van der Waals surface area contributed by atoms with Gasteiger partial charge in [0.25, 0.3) is 5.91 Å². The molecule has 8 nitrogen and oxygen atoms in total. The van der Waals surface area contributed by atoms with Gasteiger partial charge in [0.1, 0.15) is 29.1 Å². The molecule has 1 heterocycles. The molecule has 0 aromatic heterocycles. The highest BCUT2D eigenvalue weighted by Gasteiger charge is 2.35. The van der Waals surface area contributed by atoms with Crippen LogP contribution in [0, 0.1) is 12.7 Å². The summed E-state index contributed by atoms with van der Waals surface area (Å²) in [6.45, 7) is 2.00. The molecule has 3 aromatic rings. The molecule has 0 saturated carbocycles. The van der Waals surface area contributed by atoms with Crippen molar-refractivity contribution in [2.24, 2.45) is 0 Å². The number of aliphatic carboxylic acids is 1. The van der Waals surface area contributed by atoms with Crippen molar-refractivity contribution in [3.8, 4) is 17.2 Å². The molecule has 4 rings (SSSR count). The van der Waals surface area contributed by atoms with Gasteiger partial charge >= 0.3 is 12.3 Å². The largest absolute Gasteiger partial charge is 0.573 e. The Morgan fingerprint density at radius 3 is 2.49 bits per heavy atom. The van der Waals surface area contributed by atoms with E-state index in [2.05, 4.69) is 10.1 Å². The molecular weight excluding hydrogens is 548 g/mol. The number of benzene rings is 3. The third-order valence-corrected chi connectivity index (χ3v) is 6.47. The maximum absolute atomic E-state index is 14.0. The second kappa shape index (κ2) is 12.4. The predicted molar refractivity (Wildman–Crippen MR) is 142 cm³/mol. The molecule has 0 saturated heterocycles. The number of anilines is 2. The molecule has 1 aliphatic heterocycles. The van der Waals surface area contributed by atoms with Gasteiger partial charge in [-0.1, -0.05) is 12.1 Å². The van der Waals surface area contributed by atoms with E-state index in [1.807, 2.05) is 0 Å². The minimum absolute atomic E-state index is 0.0669. The Labute approximate surface area is 233 Å². The van der Waals surface area contributed by atoms with Crippen LogP contribution in [0.4, 0.5) is 28.9 Å². The highest BCUT2D eigenvalue weighted by Crippen LogP contribution is 2.37. The quantitative estimate of drug-likeness (QED) is 0.213. The SMILES string of the molecule is COc1cc(NC(C(=O)N2CCc3ccc(OC(F)(F)F)cc32)c2ccc(F)cc2C)cc(OCCCC(=O)O)c1.